The van der Waals surface area contributed by atoms with Crippen molar-refractivity contribution in [3.8, 4) is 0 Å². The van der Waals surface area contributed by atoms with Crippen LogP contribution in [0.15, 0.2) is 5.03 Å². The molecule has 0 spiro atoms. The van der Waals surface area contributed by atoms with Gasteiger partial charge in [0.15, 0.2) is 5.69 Å². The highest BCUT2D eigenvalue weighted by atomic mass is 32.2. The molecule has 0 saturated carbocycles. The summed E-state index contributed by atoms with van der Waals surface area (Å²) in [6.07, 6.45) is -4.51. The van der Waals surface area contributed by atoms with Crippen molar-refractivity contribution < 1.29 is 23.1 Å². The van der Waals surface area contributed by atoms with E-state index in [1.54, 1.807) is 0 Å². The first kappa shape index (κ1) is 12.9. The fourth-order valence-corrected chi connectivity index (χ4v) is 2.02. The van der Waals surface area contributed by atoms with E-state index in [4.69, 9.17) is 5.11 Å². The van der Waals surface area contributed by atoms with E-state index in [2.05, 4.69) is 5.10 Å². The fourth-order valence-electron chi connectivity index (χ4n) is 1.22. The van der Waals surface area contributed by atoms with E-state index >= 15 is 0 Å². The van der Waals surface area contributed by atoms with Crippen molar-refractivity contribution in [2.75, 3.05) is 5.75 Å². The Morgan fingerprint density at radius 3 is 2.50 bits per heavy atom. The molecular weight excluding hydrogens is 245 g/mol. The average Bonchev–Trinajstić information content (AvgIpc) is 2.38. The van der Waals surface area contributed by atoms with Crippen LogP contribution in [-0.2, 0) is 18.0 Å². The van der Waals surface area contributed by atoms with Crippen LogP contribution < -0.4 is 0 Å². The number of halogens is 3. The molecule has 1 N–H and O–H groups in total. The molecule has 16 heavy (non-hydrogen) atoms. The lowest BCUT2D eigenvalue weighted by Crippen LogP contribution is -2.08. The van der Waals surface area contributed by atoms with Crippen molar-refractivity contribution in [1.82, 2.24) is 9.78 Å². The lowest BCUT2D eigenvalue weighted by molar-refractivity contribution is -0.142. The van der Waals surface area contributed by atoms with Crippen LogP contribution in [0.4, 0.5) is 13.2 Å². The standard InChI is InChI=1S/C8H9F3N2O2S/c1-4-6(8(9,10)11)12-13(2)7(4)16-3-5(14)15/h3H2,1-2H3,(H,14,15). The Labute approximate surface area is 93.4 Å². The van der Waals surface area contributed by atoms with E-state index in [-0.39, 0.29) is 16.3 Å². The molecule has 0 saturated heterocycles. The van der Waals surface area contributed by atoms with Crippen LogP contribution in [-0.4, -0.2) is 26.6 Å². The number of carboxylic acid groups (broad SMARTS) is 1. The van der Waals surface area contributed by atoms with E-state index in [1.165, 1.54) is 14.0 Å². The number of alkyl halides is 3. The zero-order valence-corrected chi connectivity index (χ0v) is 9.32. The summed E-state index contributed by atoms with van der Waals surface area (Å²) in [5.74, 6) is -1.38. The molecule has 1 aromatic rings. The minimum Gasteiger partial charge on any atom is -0.481 e. The Morgan fingerprint density at radius 1 is 1.56 bits per heavy atom. The van der Waals surface area contributed by atoms with Gasteiger partial charge in [0.25, 0.3) is 0 Å². The Hall–Kier alpha value is -1.18. The molecule has 8 heteroatoms. The Bertz CT molecular complexity index is 414. The van der Waals surface area contributed by atoms with Gasteiger partial charge in [-0.25, -0.2) is 0 Å². The van der Waals surface area contributed by atoms with Crippen molar-refractivity contribution in [3.05, 3.63) is 11.3 Å². The smallest absolute Gasteiger partial charge is 0.435 e. The molecule has 1 rings (SSSR count). The van der Waals surface area contributed by atoms with Crippen LogP contribution in [0.5, 0.6) is 0 Å². The third-order valence-corrected chi connectivity index (χ3v) is 3.06. The quantitative estimate of drug-likeness (QED) is 0.837. The van der Waals surface area contributed by atoms with Gasteiger partial charge in [0.1, 0.15) is 0 Å². The van der Waals surface area contributed by atoms with Crippen LogP contribution >= 0.6 is 11.8 Å². The summed E-state index contributed by atoms with van der Waals surface area (Å²) in [7, 11) is 1.35. The van der Waals surface area contributed by atoms with E-state index in [1.807, 2.05) is 0 Å². The maximum atomic E-state index is 12.4. The summed E-state index contributed by atoms with van der Waals surface area (Å²) in [5.41, 5.74) is -1.01. The number of hydrogen-bond acceptors (Lipinski definition) is 3. The number of rotatable bonds is 3. The molecule has 1 aromatic heterocycles. The normalized spacial score (nSPS) is 11.8. The number of hydrogen-bond donors (Lipinski definition) is 1. The number of aryl methyl sites for hydroxylation is 1. The number of thioether (sulfide) groups is 1. The van der Waals surface area contributed by atoms with Crippen LogP contribution in [0.2, 0.25) is 0 Å². The summed E-state index contributed by atoms with van der Waals surface area (Å²) in [6.45, 7) is 1.28. The molecule has 0 amide bonds. The lowest BCUT2D eigenvalue weighted by atomic mass is 10.3. The molecule has 0 unspecified atom stereocenters. The molecule has 0 aliphatic rings. The van der Waals surface area contributed by atoms with E-state index < -0.39 is 17.8 Å². The molecule has 0 atom stereocenters. The summed E-state index contributed by atoms with van der Waals surface area (Å²) in [5, 5.41) is 12.0. The molecule has 0 bridgehead atoms. The number of carboxylic acids is 1. The second kappa shape index (κ2) is 4.36. The fraction of sp³-hybridized carbons (Fsp3) is 0.500. The highest BCUT2D eigenvalue weighted by Gasteiger charge is 2.37. The average molecular weight is 254 g/mol. The SMILES string of the molecule is Cc1c(C(F)(F)F)nn(C)c1SCC(=O)O. The molecule has 0 aliphatic heterocycles. The summed E-state index contributed by atoms with van der Waals surface area (Å²) >= 11 is 0.820. The number of carbonyl (C=O) groups is 1. The van der Waals surface area contributed by atoms with E-state index in [0.29, 0.717) is 0 Å². The highest BCUT2D eigenvalue weighted by molar-refractivity contribution is 7.99. The number of aliphatic carboxylic acids is 1. The highest BCUT2D eigenvalue weighted by Crippen LogP contribution is 2.34. The van der Waals surface area contributed by atoms with Gasteiger partial charge in [-0.1, -0.05) is 11.8 Å². The third-order valence-electron chi connectivity index (χ3n) is 1.82. The van der Waals surface area contributed by atoms with Gasteiger partial charge < -0.3 is 5.11 Å². The first-order valence-electron chi connectivity index (χ1n) is 4.19. The van der Waals surface area contributed by atoms with Crippen LogP contribution in [0.1, 0.15) is 11.3 Å². The van der Waals surface area contributed by atoms with Crippen LogP contribution in [0.3, 0.4) is 0 Å². The number of nitrogens with zero attached hydrogens (tertiary/aromatic N) is 2. The molecule has 90 valence electrons. The molecule has 0 fully saturated rings. The molecule has 0 radical (unpaired) electrons. The minimum atomic E-state index is -4.51. The third kappa shape index (κ3) is 2.69. The van der Waals surface area contributed by atoms with Gasteiger partial charge in [-0.15, -0.1) is 0 Å². The predicted octanol–water partition coefficient (Wildman–Crippen LogP) is 1.92. The van der Waals surface area contributed by atoms with Gasteiger partial charge >= 0.3 is 12.1 Å². The van der Waals surface area contributed by atoms with Gasteiger partial charge in [0.2, 0.25) is 0 Å². The van der Waals surface area contributed by atoms with Crippen molar-refractivity contribution in [2.45, 2.75) is 18.1 Å². The van der Waals surface area contributed by atoms with Crippen molar-refractivity contribution >= 4 is 17.7 Å². The predicted molar refractivity (Wildman–Crippen MR) is 51.3 cm³/mol. The topological polar surface area (TPSA) is 55.1 Å². The summed E-state index contributed by atoms with van der Waals surface area (Å²) < 4.78 is 38.4. The Kier molecular flexibility index (Phi) is 3.51. The van der Waals surface area contributed by atoms with Gasteiger partial charge in [0.05, 0.1) is 10.8 Å². The molecule has 1 heterocycles. The Balaban J connectivity index is 3.03. The molecule has 4 nitrogen and oxygen atoms in total. The van der Waals surface area contributed by atoms with Gasteiger partial charge in [-0.05, 0) is 6.92 Å². The van der Waals surface area contributed by atoms with Gasteiger partial charge in [0, 0.05) is 12.6 Å². The first-order valence-corrected chi connectivity index (χ1v) is 5.17. The van der Waals surface area contributed by atoms with Crippen LogP contribution in [0, 0.1) is 6.92 Å². The van der Waals surface area contributed by atoms with Crippen molar-refractivity contribution in [3.63, 3.8) is 0 Å². The monoisotopic (exact) mass is 254 g/mol. The number of aromatic nitrogens is 2. The lowest BCUT2D eigenvalue weighted by Gasteiger charge is -2.02. The van der Waals surface area contributed by atoms with Crippen molar-refractivity contribution in [1.29, 1.82) is 0 Å². The first-order chi connectivity index (χ1) is 7.23. The van der Waals surface area contributed by atoms with Crippen molar-refractivity contribution in [2.24, 2.45) is 7.05 Å². The van der Waals surface area contributed by atoms with Crippen LogP contribution in [0.25, 0.3) is 0 Å². The van der Waals surface area contributed by atoms with E-state index in [0.717, 1.165) is 16.4 Å². The maximum Gasteiger partial charge on any atom is 0.435 e. The maximum absolute atomic E-state index is 12.4. The second-order valence-electron chi connectivity index (χ2n) is 3.08. The second-order valence-corrected chi connectivity index (χ2v) is 4.05. The van der Waals surface area contributed by atoms with Gasteiger partial charge in [-0.2, -0.15) is 18.3 Å². The summed E-state index contributed by atoms with van der Waals surface area (Å²) in [4.78, 5) is 10.3. The largest absolute Gasteiger partial charge is 0.481 e. The molecule has 0 aliphatic carbocycles. The zero-order valence-electron chi connectivity index (χ0n) is 8.50. The minimum absolute atomic E-state index is 0.0405. The molecule has 0 aromatic carbocycles. The van der Waals surface area contributed by atoms with E-state index in [9.17, 15) is 18.0 Å². The van der Waals surface area contributed by atoms with Gasteiger partial charge in [-0.3, -0.25) is 9.48 Å². The summed E-state index contributed by atoms with van der Waals surface area (Å²) in [6, 6.07) is 0. The Morgan fingerprint density at radius 2 is 2.12 bits per heavy atom. The molecular formula is C8H9F3N2O2S. The zero-order chi connectivity index (χ0) is 12.5.